The average molecular weight is 457 g/mol. The van der Waals surface area contributed by atoms with E-state index in [0.29, 0.717) is 5.56 Å². The fraction of sp³-hybridized carbons (Fsp3) is 0.278. The molecule has 0 saturated carbocycles. The molecule has 1 aliphatic heterocycles. The minimum atomic E-state index is -1.36. The van der Waals surface area contributed by atoms with E-state index in [9.17, 15) is 19.5 Å². The first-order chi connectivity index (χ1) is 14.3. The second-order valence-corrected chi connectivity index (χ2v) is 7.17. The Kier molecular flexibility index (Phi) is 8.53. The number of carboxylic acid groups (broad SMARTS) is 1. The van der Waals surface area contributed by atoms with Gasteiger partial charge in [-0.05, 0) is 12.5 Å². The Hall–Kier alpha value is -2.51. The number of hydrogen-bond acceptors (Lipinski definition) is 9. The van der Waals surface area contributed by atoms with Crippen molar-refractivity contribution in [2.75, 3.05) is 12.8 Å². The standard InChI is InChI=1S/C18H19N5O6S.Na.H/c1-9-12(21-15(24)13(22-28-2)11-8-30-18(19)20-11)16(25)23(9)29-14(17(26)27)10-6-4-3-5-7-10;;/h3-9,12,14H,1-2H3,(H2,19,20)(H,21,24)(H,26,27);;/t9-,12-,14?;;/m0../s1. The molecule has 3 rings (SSSR count). The molecule has 31 heavy (non-hydrogen) atoms. The SMILES string of the molecule is CON=C(C(=O)N[C@@H]1C(=O)N(OC(C(=O)O)c2ccccc2)[C@H]1C)c1csc(N)n1.[NaH]. The number of oxime groups is 1. The molecule has 0 spiro atoms. The Morgan fingerprint density at radius 2 is 2.03 bits per heavy atom. The zero-order chi connectivity index (χ0) is 21.8. The van der Waals surface area contributed by atoms with Gasteiger partial charge in [0.15, 0.2) is 10.8 Å². The number of hydroxylamine groups is 2. The van der Waals surface area contributed by atoms with Gasteiger partial charge in [-0.3, -0.25) is 14.4 Å². The van der Waals surface area contributed by atoms with Crippen LogP contribution in [0.2, 0.25) is 0 Å². The van der Waals surface area contributed by atoms with E-state index in [2.05, 4.69) is 15.5 Å². The first kappa shape index (κ1) is 24.8. The van der Waals surface area contributed by atoms with Crippen molar-refractivity contribution in [3.63, 3.8) is 0 Å². The summed E-state index contributed by atoms with van der Waals surface area (Å²) < 4.78 is 0. The molecule has 4 N–H and O–H groups in total. The molecule has 1 unspecified atom stereocenters. The number of nitrogens with one attached hydrogen (secondary N) is 1. The number of rotatable bonds is 8. The summed E-state index contributed by atoms with van der Waals surface area (Å²) in [5.74, 6) is -2.53. The van der Waals surface area contributed by atoms with Gasteiger partial charge in [-0.15, -0.1) is 11.3 Å². The number of benzene rings is 1. The van der Waals surface area contributed by atoms with E-state index in [1.807, 2.05) is 0 Å². The van der Waals surface area contributed by atoms with Crippen LogP contribution in [0.25, 0.3) is 0 Å². The van der Waals surface area contributed by atoms with E-state index in [-0.39, 0.29) is 46.1 Å². The van der Waals surface area contributed by atoms with Gasteiger partial charge in [0.25, 0.3) is 11.8 Å². The van der Waals surface area contributed by atoms with E-state index in [1.165, 1.54) is 12.5 Å². The molecule has 160 valence electrons. The molecule has 0 radical (unpaired) electrons. The van der Waals surface area contributed by atoms with Crippen molar-refractivity contribution >= 4 is 69.5 Å². The summed E-state index contributed by atoms with van der Waals surface area (Å²) in [7, 11) is 1.27. The van der Waals surface area contributed by atoms with Gasteiger partial charge in [-0.2, -0.15) is 0 Å². The van der Waals surface area contributed by atoms with E-state index in [4.69, 9.17) is 15.4 Å². The van der Waals surface area contributed by atoms with Gasteiger partial charge >= 0.3 is 35.5 Å². The predicted octanol–water partition coefficient (Wildman–Crippen LogP) is -0.0997. The summed E-state index contributed by atoms with van der Waals surface area (Å²) in [6.45, 7) is 1.62. The third-order valence-electron chi connectivity index (χ3n) is 4.33. The molecule has 2 heterocycles. The summed E-state index contributed by atoms with van der Waals surface area (Å²) in [5, 5.41) is 18.4. The normalized spacial score (nSPS) is 19.1. The van der Waals surface area contributed by atoms with Gasteiger partial charge in [0, 0.05) is 5.38 Å². The molecule has 1 aliphatic rings. The topological polar surface area (TPSA) is 156 Å². The summed E-state index contributed by atoms with van der Waals surface area (Å²) in [4.78, 5) is 50.8. The summed E-state index contributed by atoms with van der Waals surface area (Å²) in [6.07, 6.45) is -1.36. The van der Waals surface area contributed by atoms with Crippen LogP contribution < -0.4 is 11.1 Å². The Balaban J connectivity index is 0.00000341. The molecular weight excluding hydrogens is 437 g/mol. The van der Waals surface area contributed by atoms with Gasteiger partial charge in [0.05, 0.1) is 6.04 Å². The summed E-state index contributed by atoms with van der Waals surface area (Å²) >= 11 is 1.12. The van der Waals surface area contributed by atoms with Crippen molar-refractivity contribution in [1.82, 2.24) is 15.4 Å². The predicted molar refractivity (Wildman–Crippen MR) is 113 cm³/mol. The van der Waals surface area contributed by atoms with Crippen molar-refractivity contribution in [1.29, 1.82) is 0 Å². The van der Waals surface area contributed by atoms with Crippen LogP contribution in [-0.4, -0.2) is 87.4 Å². The van der Waals surface area contributed by atoms with Crippen LogP contribution in [0.5, 0.6) is 0 Å². The van der Waals surface area contributed by atoms with Crippen LogP contribution in [-0.2, 0) is 24.1 Å². The Bertz CT molecular complexity index is 985. The molecular formula is C18H20N5NaO6S. The van der Waals surface area contributed by atoms with Gasteiger partial charge in [-0.1, -0.05) is 35.5 Å². The van der Waals surface area contributed by atoms with Crippen molar-refractivity contribution in [3.8, 4) is 0 Å². The Labute approximate surface area is 203 Å². The van der Waals surface area contributed by atoms with Crippen molar-refractivity contribution in [3.05, 3.63) is 47.0 Å². The molecule has 11 nitrogen and oxygen atoms in total. The number of nitrogen functional groups attached to an aromatic ring is 1. The number of carboxylic acids is 1. The molecule has 1 fully saturated rings. The van der Waals surface area contributed by atoms with Crippen LogP contribution in [0.4, 0.5) is 5.13 Å². The minimum absolute atomic E-state index is 0. The van der Waals surface area contributed by atoms with Gasteiger partial charge in [0.1, 0.15) is 18.8 Å². The van der Waals surface area contributed by atoms with Crippen LogP contribution >= 0.6 is 11.3 Å². The van der Waals surface area contributed by atoms with Crippen LogP contribution in [0.15, 0.2) is 40.9 Å². The Morgan fingerprint density at radius 1 is 1.35 bits per heavy atom. The molecule has 2 aromatic rings. The van der Waals surface area contributed by atoms with E-state index < -0.39 is 36.0 Å². The van der Waals surface area contributed by atoms with Crippen LogP contribution in [0, 0.1) is 0 Å². The number of β-lactam (4-membered cyclic amide) rings is 1. The van der Waals surface area contributed by atoms with E-state index >= 15 is 0 Å². The monoisotopic (exact) mass is 457 g/mol. The number of hydrogen-bond donors (Lipinski definition) is 3. The number of anilines is 1. The van der Waals surface area contributed by atoms with Crippen molar-refractivity contribution in [2.24, 2.45) is 5.16 Å². The number of carbonyl (C=O) groups is 3. The van der Waals surface area contributed by atoms with Gasteiger partial charge in [0.2, 0.25) is 6.10 Å². The number of thiazole rings is 1. The quantitative estimate of drug-likeness (QED) is 0.215. The van der Waals surface area contributed by atoms with Crippen molar-refractivity contribution in [2.45, 2.75) is 25.1 Å². The van der Waals surface area contributed by atoms with Crippen LogP contribution in [0.3, 0.4) is 0 Å². The Morgan fingerprint density at radius 3 is 2.55 bits per heavy atom. The third kappa shape index (κ3) is 5.40. The zero-order valence-electron chi connectivity index (χ0n) is 16.0. The van der Waals surface area contributed by atoms with E-state index in [1.54, 1.807) is 37.3 Å². The van der Waals surface area contributed by atoms with Gasteiger partial charge < -0.3 is 21.0 Å². The fourth-order valence-corrected chi connectivity index (χ4v) is 3.37. The maximum atomic E-state index is 12.6. The number of amides is 2. The third-order valence-corrected chi connectivity index (χ3v) is 5.00. The zero-order valence-corrected chi connectivity index (χ0v) is 16.8. The number of nitrogens with zero attached hydrogens (tertiary/aromatic N) is 3. The second kappa shape index (κ2) is 10.7. The molecule has 0 bridgehead atoms. The van der Waals surface area contributed by atoms with Crippen molar-refractivity contribution < 1.29 is 29.2 Å². The first-order valence-corrected chi connectivity index (χ1v) is 9.62. The summed E-state index contributed by atoms with van der Waals surface area (Å²) in [5.41, 5.74) is 6.04. The average Bonchev–Trinajstić information content (AvgIpc) is 3.16. The molecule has 1 aromatic heterocycles. The molecule has 2 amide bonds. The second-order valence-electron chi connectivity index (χ2n) is 6.28. The number of nitrogens with two attached hydrogens (primary N) is 1. The number of carbonyl (C=O) groups excluding carboxylic acids is 2. The number of aliphatic carboxylic acids is 1. The maximum absolute atomic E-state index is 12.6. The molecule has 1 aromatic carbocycles. The number of aromatic nitrogens is 1. The fourth-order valence-electron chi connectivity index (χ4n) is 2.82. The molecule has 13 heteroatoms. The first-order valence-electron chi connectivity index (χ1n) is 8.74. The summed E-state index contributed by atoms with van der Waals surface area (Å²) in [6, 6.07) is 6.69. The molecule has 3 atom stereocenters. The molecule has 0 aliphatic carbocycles. The van der Waals surface area contributed by atoms with Gasteiger partial charge in [-0.25, -0.2) is 14.8 Å². The van der Waals surface area contributed by atoms with E-state index in [0.717, 1.165) is 16.4 Å². The molecule has 1 saturated heterocycles. The van der Waals surface area contributed by atoms with Crippen LogP contribution in [0.1, 0.15) is 24.3 Å².